The van der Waals surface area contributed by atoms with E-state index < -0.39 is 23.4 Å². The van der Waals surface area contributed by atoms with Gasteiger partial charge in [0.15, 0.2) is 0 Å². The second-order valence-corrected chi connectivity index (χ2v) is 8.10. The number of pyridine rings is 1. The van der Waals surface area contributed by atoms with Crippen LogP contribution in [0.1, 0.15) is 41.5 Å². The highest BCUT2D eigenvalue weighted by Gasteiger charge is 2.20. The van der Waals surface area contributed by atoms with Crippen molar-refractivity contribution in [1.29, 1.82) is 0 Å². The number of aromatic nitrogens is 1. The summed E-state index contributed by atoms with van der Waals surface area (Å²) in [6.45, 7) is 10.4. The van der Waals surface area contributed by atoms with Gasteiger partial charge in [-0.1, -0.05) is 12.1 Å². The number of aliphatic imine (C=N–C) groups is 1. The zero-order valence-corrected chi connectivity index (χ0v) is 17.0. The smallest absolute Gasteiger partial charge is 0.437 e. The lowest BCUT2D eigenvalue weighted by Crippen LogP contribution is -2.40. The predicted octanol–water partition coefficient (Wildman–Crippen LogP) is 4.46. The minimum atomic E-state index is -0.840. The summed E-state index contributed by atoms with van der Waals surface area (Å²) < 4.78 is 10.5. The third-order valence-electron chi connectivity index (χ3n) is 3.15. The third kappa shape index (κ3) is 6.86. The van der Waals surface area contributed by atoms with Crippen LogP contribution in [0.4, 0.5) is 15.3 Å². The SMILES string of the molecule is CC(C)(C)OC(=O)/N=C(\NC(=O)OC(C)(C)C)Nc1cccc2cnccc12. The van der Waals surface area contributed by atoms with Crippen molar-refractivity contribution in [3.8, 4) is 0 Å². The van der Waals surface area contributed by atoms with E-state index in [9.17, 15) is 9.59 Å². The lowest BCUT2D eigenvalue weighted by atomic mass is 10.1. The Morgan fingerprint density at radius 3 is 2.32 bits per heavy atom. The zero-order chi connectivity index (χ0) is 20.9. The zero-order valence-electron chi connectivity index (χ0n) is 17.0. The number of guanidine groups is 1. The molecule has 1 heterocycles. The molecule has 0 aliphatic rings. The predicted molar refractivity (Wildman–Crippen MR) is 108 cm³/mol. The van der Waals surface area contributed by atoms with Crippen LogP contribution in [-0.2, 0) is 9.47 Å². The van der Waals surface area contributed by atoms with Gasteiger partial charge < -0.3 is 14.8 Å². The molecule has 150 valence electrons. The Balaban J connectivity index is 2.31. The average molecular weight is 386 g/mol. The molecule has 2 amide bonds. The molecule has 0 bridgehead atoms. The van der Waals surface area contributed by atoms with Crippen LogP contribution in [0.3, 0.4) is 0 Å². The van der Waals surface area contributed by atoms with Gasteiger partial charge in [-0.3, -0.25) is 10.3 Å². The number of anilines is 1. The highest BCUT2D eigenvalue weighted by molar-refractivity contribution is 6.09. The molecule has 2 N–H and O–H groups in total. The van der Waals surface area contributed by atoms with Crippen LogP contribution in [0.15, 0.2) is 41.7 Å². The molecule has 0 fully saturated rings. The Morgan fingerprint density at radius 1 is 1.00 bits per heavy atom. The number of hydrogen-bond acceptors (Lipinski definition) is 5. The summed E-state index contributed by atoms with van der Waals surface area (Å²) in [7, 11) is 0. The van der Waals surface area contributed by atoms with Crippen molar-refractivity contribution in [2.24, 2.45) is 4.99 Å². The summed E-state index contributed by atoms with van der Waals surface area (Å²) >= 11 is 0. The molecule has 2 aromatic rings. The van der Waals surface area contributed by atoms with E-state index in [2.05, 4.69) is 20.6 Å². The molecule has 2 rings (SSSR count). The summed E-state index contributed by atoms with van der Waals surface area (Å²) in [5.74, 6) is -0.104. The van der Waals surface area contributed by atoms with Crippen LogP contribution in [0, 0.1) is 0 Å². The number of carbonyl (C=O) groups excluding carboxylic acids is 2. The van der Waals surface area contributed by atoms with E-state index in [1.807, 2.05) is 18.2 Å². The number of nitrogens with zero attached hydrogens (tertiary/aromatic N) is 2. The van der Waals surface area contributed by atoms with Crippen molar-refractivity contribution < 1.29 is 19.1 Å². The molecular weight excluding hydrogens is 360 g/mol. The number of benzene rings is 1. The molecule has 0 saturated carbocycles. The highest BCUT2D eigenvalue weighted by atomic mass is 16.6. The first-order chi connectivity index (χ1) is 12.9. The van der Waals surface area contributed by atoms with E-state index in [1.165, 1.54) is 0 Å². The van der Waals surface area contributed by atoms with Crippen molar-refractivity contribution in [3.63, 3.8) is 0 Å². The number of rotatable bonds is 1. The Hall–Kier alpha value is -3.16. The highest BCUT2D eigenvalue weighted by Crippen LogP contribution is 2.22. The molecule has 0 spiro atoms. The van der Waals surface area contributed by atoms with Gasteiger partial charge in [-0.05, 0) is 53.7 Å². The maximum atomic E-state index is 12.2. The van der Waals surface area contributed by atoms with Crippen LogP contribution in [0.25, 0.3) is 10.8 Å². The van der Waals surface area contributed by atoms with E-state index in [0.29, 0.717) is 5.69 Å². The fourth-order valence-corrected chi connectivity index (χ4v) is 2.22. The van der Waals surface area contributed by atoms with Crippen LogP contribution in [-0.4, -0.2) is 34.3 Å². The van der Waals surface area contributed by atoms with Crippen LogP contribution < -0.4 is 10.6 Å². The Morgan fingerprint density at radius 2 is 1.68 bits per heavy atom. The second kappa shape index (κ2) is 8.24. The van der Waals surface area contributed by atoms with E-state index >= 15 is 0 Å². The van der Waals surface area contributed by atoms with Gasteiger partial charge >= 0.3 is 12.2 Å². The van der Waals surface area contributed by atoms with E-state index in [0.717, 1.165) is 10.8 Å². The number of amides is 2. The largest absolute Gasteiger partial charge is 0.444 e. The summed E-state index contributed by atoms with van der Waals surface area (Å²) in [6, 6.07) is 7.34. The van der Waals surface area contributed by atoms with Crippen molar-refractivity contribution >= 4 is 34.6 Å². The van der Waals surface area contributed by atoms with E-state index in [1.54, 1.807) is 60.0 Å². The fraction of sp³-hybridized carbons (Fsp3) is 0.400. The molecule has 0 unspecified atom stereocenters. The first kappa shape index (κ1) is 21.1. The van der Waals surface area contributed by atoms with Crippen molar-refractivity contribution in [2.75, 3.05) is 5.32 Å². The van der Waals surface area contributed by atoms with Gasteiger partial charge in [-0.2, -0.15) is 0 Å². The van der Waals surface area contributed by atoms with E-state index in [4.69, 9.17) is 9.47 Å². The molecule has 0 aliphatic heterocycles. The minimum Gasteiger partial charge on any atom is -0.444 e. The number of carbonyl (C=O) groups is 2. The number of hydrogen-bond donors (Lipinski definition) is 2. The maximum absolute atomic E-state index is 12.2. The van der Waals surface area contributed by atoms with Gasteiger partial charge in [0.05, 0.1) is 0 Å². The minimum absolute atomic E-state index is 0.104. The molecule has 0 atom stereocenters. The number of alkyl carbamates (subject to hydrolysis) is 1. The average Bonchev–Trinajstić information content (AvgIpc) is 2.51. The van der Waals surface area contributed by atoms with Crippen molar-refractivity contribution in [2.45, 2.75) is 52.7 Å². The Bertz CT molecular complexity index is 890. The Kier molecular flexibility index (Phi) is 6.23. The topological polar surface area (TPSA) is 102 Å². The molecule has 0 radical (unpaired) electrons. The van der Waals surface area contributed by atoms with Gasteiger partial charge in [0.2, 0.25) is 5.96 Å². The number of nitrogens with one attached hydrogen (secondary N) is 2. The number of fused-ring (bicyclic) bond motifs is 1. The molecule has 8 nitrogen and oxygen atoms in total. The fourth-order valence-electron chi connectivity index (χ4n) is 2.22. The number of ether oxygens (including phenoxy) is 2. The van der Waals surface area contributed by atoms with Gasteiger partial charge in [0.25, 0.3) is 0 Å². The van der Waals surface area contributed by atoms with Gasteiger partial charge in [0.1, 0.15) is 11.2 Å². The lowest BCUT2D eigenvalue weighted by Gasteiger charge is -2.21. The molecule has 8 heteroatoms. The van der Waals surface area contributed by atoms with Crippen LogP contribution >= 0.6 is 0 Å². The first-order valence-corrected chi connectivity index (χ1v) is 8.84. The van der Waals surface area contributed by atoms with Crippen molar-refractivity contribution in [3.05, 3.63) is 36.7 Å². The first-order valence-electron chi connectivity index (χ1n) is 8.84. The molecular formula is C20H26N4O4. The normalized spacial score (nSPS) is 12.4. The lowest BCUT2D eigenvalue weighted by molar-refractivity contribution is 0.0562. The second-order valence-electron chi connectivity index (χ2n) is 8.10. The summed E-state index contributed by atoms with van der Waals surface area (Å²) in [4.78, 5) is 32.3. The van der Waals surface area contributed by atoms with Gasteiger partial charge in [-0.25, -0.2) is 9.59 Å². The molecule has 1 aromatic heterocycles. The summed E-state index contributed by atoms with van der Waals surface area (Å²) in [5, 5.41) is 7.17. The standard InChI is InChI=1S/C20H26N4O4/c1-19(2,3)27-17(25)23-16(24-18(26)28-20(4,5)6)22-15-9-7-8-13-12-21-11-10-14(13)15/h7-12H,1-6H3,(H2,22,23,24,25,26). The molecule has 0 aliphatic carbocycles. The van der Waals surface area contributed by atoms with Gasteiger partial charge in [-0.15, -0.1) is 4.99 Å². The molecule has 28 heavy (non-hydrogen) atoms. The summed E-state index contributed by atoms with van der Waals surface area (Å²) in [5.41, 5.74) is -0.784. The summed E-state index contributed by atoms with van der Waals surface area (Å²) in [6.07, 6.45) is 1.78. The van der Waals surface area contributed by atoms with Gasteiger partial charge in [0, 0.05) is 28.9 Å². The maximum Gasteiger partial charge on any atom is 0.437 e. The molecule has 1 aromatic carbocycles. The van der Waals surface area contributed by atoms with Crippen LogP contribution in [0.5, 0.6) is 0 Å². The Labute approximate surface area is 164 Å². The van der Waals surface area contributed by atoms with Crippen LogP contribution in [0.2, 0.25) is 0 Å². The monoisotopic (exact) mass is 386 g/mol. The molecule has 0 saturated heterocycles. The van der Waals surface area contributed by atoms with E-state index in [-0.39, 0.29) is 5.96 Å². The van der Waals surface area contributed by atoms with Crippen molar-refractivity contribution in [1.82, 2.24) is 10.3 Å². The quantitative estimate of drug-likeness (QED) is 0.554. The third-order valence-corrected chi connectivity index (χ3v) is 3.15.